The number of thiophene rings is 1. The number of ether oxygens (including phenoxy) is 2. The molecule has 29 heavy (non-hydrogen) atoms. The molecule has 0 aliphatic carbocycles. The number of hydrogen-bond acceptors (Lipinski definition) is 6. The van der Waals surface area contributed by atoms with Crippen molar-refractivity contribution in [3.8, 4) is 22.8 Å². The lowest BCUT2D eigenvalue weighted by molar-refractivity contribution is 0.1000. The second-order valence-corrected chi connectivity index (χ2v) is 6.96. The highest BCUT2D eigenvalue weighted by molar-refractivity contribution is 7.17. The Bertz CT molecular complexity index is 1140. The van der Waals surface area contributed by atoms with Crippen LogP contribution >= 0.6 is 11.3 Å². The Labute approximate surface area is 169 Å². The Morgan fingerprint density at radius 1 is 1.00 bits per heavy atom. The van der Waals surface area contributed by atoms with Gasteiger partial charge in [-0.25, -0.2) is 14.4 Å². The first kappa shape index (κ1) is 18.8. The summed E-state index contributed by atoms with van der Waals surface area (Å²) < 4.78 is 24.7. The van der Waals surface area contributed by atoms with Crippen LogP contribution in [0.3, 0.4) is 0 Å². The second kappa shape index (κ2) is 8.24. The van der Waals surface area contributed by atoms with E-state index in [-0.39, 0.29) is 19.0 Å². The summed E-state index contributed by atoms with van der Waals surface area (Å²) in [5, 5.41) is 2.74. The minimum atomic E-state index is -0.486. The molecule has 0 bridgehead atoms. The van der Waals surface area contributed by atoms with Crippen molar-refractivity contribution < 1.29 is 18.7 Å². The number of benzene rings is 2. The summed E-state index contributed by atoms with van der Waals surface area (Å²) in [6, 6.07) is 12.8. The van der Waals surface area contributed by atoms with Crippen LogP contribution in [0.4, 0.5) is 4.39 Å². The summed E-state index contributed by atoms with van der Waals surface area (Å²) in [4.78, 5) is 20.4. The molecule has 0 atom stereocenters. The van der Waals surface area contributed by atoms with Crippen LogP contribution in [0.15, 0.2) is 60.2 Å². The van der Waals surface area contributed by atoms with Gasteiger partial charge < -0.3 is 15.2 Å². The van der Waals surface area contributed by atoms with E-state index < -0.39 is 5.91 Å². The monoisotopic (exact) mass is 409 g/mol. The van der Waals surface area contributed by atoms with Crippen LogP contribution in [0.1, 0.15) is 10.4 Å². The predicted molar refractivity (Wildman–Crippen MR) is 109 cm³/mol. The van der Waals surface area contributed by atoms with E-state index in [1.54, 1.807) is 36.4 Å². The van der Waals surface area contributed by atoms with E-state index in [0.29, 0.717) is 17.2 Å². The molecule has 2 aromatic heterocycles. The third-order valence-electron chi connectivity index (χ3n) is 4.22. The van der Waals surface area contributed by atoms with Gasteiger partial charge in [0.1, 0.15) is 35.9 Å². The van der Waals surface area contributed by atoms with Crippen molar-refractivity contribution >= 4 is 27.5 Å². The number of rotatable bonds is 7. The van der Waals surface area contributed by atoms with Crippen molar-refractivity contribution in [3.05, 3.63) is 71.6 Å². The molecule has 0 aliphatic rings. The van der Waals surface area contributed by atoms with Crippen molar-refractivity contribution in [3.63, 3.8) is 0 Å². The maximum absolute atomic E-state index is 13.2. The molecule has 8 heteroatoms. The number of carbonyl (C=O) groups is 1. The molecule has 2 heterocycles. The summed E-state index contributed by atoms with van der Waals surface area (Å²) in [5.74, 6) is 0.277. The molecule has 0 fully saturated rings. The number of nitrogens with zero attached hydrogens (tertiary/aromatic N) is 2. The highest BCUT2D eigenvalue weighted by Gasteiger charge is 2.14. The average molecular weight is 409 g/mol. The van der Waals surface area contributed by atoms with E-state index >= 15 is 0 Å². The molecule has 2 N–H and O–H groups in total. The van der Waals surface area contributed by atoms with E-state index in [4.69, 9.17) is 15.2 Å². The van der Waals surface area contributed by atoms with Crippen LogP contribution < -0.4 is 15.2 Å². The van der Waals surface area contributed by atoms with Crippen molar-refractivity contribution in [2.75, 3.05) is 13.2 Å². The second-order valence-electron chi connectivity index (χ2n) is 6.10. The Hall–Kier alpha value is -3.52. The fourth-order valence-electron chi connectivity index (χ4n) is 2.81. The van der Waals surface area contributed by atoms with Gasteiger partial charge in [-0.05, 0) is 42.0 Å². The molecule has 2 aromatic carbocycles. The fourth-order valence-corrected chi connectivity index (χ4v) is 3.72. The molecule has 0 aliphatic heterocycles. The quantitative estimate of drug-likeness (QED) is 0.465. The van der Waals surface area contributed by atoms with Gasteiger partial charge in [0.05, 0.1) is 5.39 Å². The zero-order valence-electron chi connectivity index (χ0n) is 15.2. The molecule has 0 spiro atoms. The van der Waals surface area contributed by atoms with Gasteiger partial charge in [0.25, 0.3) is 0 Å². The largest absolute Gasteiger partial charge is 0.490 e. The molecule has 4 rings (SSSR count). The van der Waals surface area contributed by atoms with E-state index in [1.807, 2.05) is 5.38 Å². The lowest BCUT2D eigenvalue weighted by Crippen LogP contribution is -2.11. The summed E-state index contributed by atoms with van der Waals surface area (Å²) in [6.45, 7) is 0.555. The number of fused-ring (bicyclic) bond motifs is 1. The van der Waals surface area contributed by atoms with Crippen LogP contribution in [0.5, 0.6) is 11.6 Å². The molecule has 0 unspecified atom stereocenters. The number of amides is 1. The molecular formula is C21H16FN3O3S. The highest BCUT2D eigenvalue weighted by atomic mass is 32.1. The van der Waals surface area contributed by atoms with Gasteiger partial charge in [0, 0.05) is 16.5 Å². The minimum absolute atomic E-state index is 0.266. The lowest BCUT2D eigenvalue weighted by Gasteiger charge is -2.09. The first-order valence-electron chi connectivity index (χ1n) is 8.75. The van der Waals surface area contributed by atoms with Gasteiger partial charge >= 0.3 is 0 Å². The van der Waals surface area contributed by atoms with Crippen molar-refractivity contribution in [1.29, 1.82) is 0 Å². The minimum Gasteiger partial charge on any atom is -0.490 e. The van der Waals surface area contributed by atoms with Gasteiger partial charge in [-0.2, -0.15) is 0 Å². The zero-order valence-corrected chi connectivity index (χ0v) is 16.0. The molecule has 0 saturated carbocycles. The topological polar surface area (TPSA) is 87.3 Å². The predicted octanol–water partition coefficient (Wildman–Crippen LogP) is 4.05. The van der Waals surface area contributed by atoms with Gasteiger partial charge in [0.2, 0.25) is 11.8 Å². The van der Waals surface area contributed by atoms with Crippen LogP contribution in [0.25, 0.3) is 21.3 Å². The van der Waals surface area contributed by atoms with Crippen LogP contribution in [0, 0.1) is 5.82 Å². The van der Waals surface area contributed by atoms with Crippen molar-refractivity contribution in [1.82, 2.24) is 9.97 Å². The zero-order chi connectivity index (χ0) is 20.2. The van der Waals surface area contributed by atoms with Gasteiger partial charge in [-0.1, -0.05) is 12.1 Å². The van der Waals surface area contributed by atoms with Gasteiger partial charge in [0.15, 0.2) is 0 Å². The van der Waals surface area contributed by atoms with Crippen LogP contribution in [-0.4, -0.2) is 29.1 Å². The van der Waals surface area contributed by atoms with Crippen LogP contribution in [-0.2, 0) is 0 Å². The third kappa shape index (κ3) is 4.17. The molecule has 4 aromatic rings. The average Bonchev–Trinajstić information content (AvgIpc) is 3.17. The van der Waals surface area contributed by atoms with E-state index in [1.165, 1.54) is 29.8 Å². The van der Waals surface area contributed by atoms with Crippen molar-refractivity contribution in [2.24, 2.45) is 5.73 Å². The maximum atomic E-state index is 13.2. The van der Waals surface area contributed by atoms with E-state index in [2.05, 4.69) is 9.97 Å². The first-order valence-corrected chi connectivity index (χ1v) is 9.63. The van der Waals surface area contributed by atoms with Crippen LogP contribution in [0.2, 0.25) is 0 Å². The number of aromatic nitrogens is 2. The Morgan fingerprint density at radius 3 is 2.45 bits per heavy atom. The number of hydrogen-bond donors (Lipinski definition) is 1. The molecule has 6 nitrogen and oxygen atoms in total. The Morgan fingerprint density at radius 2 is 1.72 bits per heavy atom. The normalized spacial score (nSPS) is 10.8. The standard InChI is InChI=1S/C21H16FN3O3S/c22-15-5-1-13(2-6-15)17-11-29-21-18(17)20(24-12-25-21)28-10-9-27-16-7-3-14(4-8-16)19(23)26/h1-8,11-12H,9-10H2,(H2,23,26). The van der Waals surface area contributed by atoms with Gasteiger partial charge in [-0.15, -0.1) is 11.3 Å². The maximum Gasteiger partial charge on any atom is 0.248 e. The third-order valence-corrected chi connectivity index (χ3v) is 5.11. The number of carbonyl (C=O) groups excluding carboxylic acids is 1. The van der Waals surface area contributed by atoms with E-state index in [0.717, 1.165) is 21.3 Å². The van der Waals surface area contributed by atoms with E-state index in [9.17, 15) is 9.18 Å². The first-order chi connectivity index (χ1) is 14.1. The summed E-state index contributed by atoms with van der Waals surface area (Å²) >= 11 is 1.47. The molecule has 1 amide bonds. The lowest BCUT2D eigenvalue weighted by atomic mass is 10.1. The fraction of sp³-hybridized carbons (Fsp3) is 0.0952. The Balaban J connectivity index is 1.46. The molecular weight excluding hydrogens is 393 g/mol. The summed E-state index contributed by atoms with van der Waals surface area (Å²) in [5.41, 5.74) is 7.39. The Kier molecular flexibility index (Phi) is 5.35. The smallest absolute Gasteiger partial charge is 0.248 e. The van der Waals surface area contributed by atoms with Crippen molar-refractivity contribution in [2.45, 2.75) is 0 Å². The highest BCUT2D eigenvalue weighted by Crippen LogP contribution is 2.37. The number of halogens is 1. The molecule has 146 valence electrons. The SMILES string of the molecule is NC(=O)c1ccc(OCCOc2ncnc3scc(-c4ccc(F)cc4)c23)cc1. The summed E-state index contributed by atoms with van der Waals surface area (Å²) in [6.07, 6.45) is 1.45. The number of nitrogens with two attached hydrogens (primary N) is 1. The summed E-state index contributed by atoms with van der Waals surface area (Å²) in [7, 11) is 0. The molecule has 0 saturated heterocycles. The number of primary amides is 1. The van der Waals surface area contributed by atoms with Gasteiger partial charge in [-0.3, -0.25) is 4.79 Å². The molecule has 0 radical (unpaired) electrons.